The number of aromatic nitrogens is 1. The maximum atomic E-state index is 11.4. The summed E-state index contributed by atoms with van der Waals surface area (Å²) < 4.78 is 0. The summed E-state index contributed by atoms with van der Waals surface area (Å²) in [6.07, 6.45) is 11.7. The molecule has 0 aliphatic heterocycles. The van der Waals surface area contributed by atoms with E-state index in [9.17, 15) is 4.79 Å². The average Bonchev–Trinajstić information content (AvgIpc) is 2.07. The molecule has 0 fully saturated rings. The number of H-pyrrole nitrogens is 1. The third kappa shape index (κ3) is 1.61. The van der Waals surface area contributed by atoms with Gasteiger partial charge in [0.1, 0.15) is 0 Å². The lowest BCUT2D eigenvalue weighted by Crippen LogP contribution is -2.40. The highest BCUT2D eigenvalue weighted by Gasteiger charge is 1.91. The van der Waals surface area contributed by atoms with E-state index in [1.54, 1.807) is 6.20 Å². The second kappa shape index (κ2) is 3.44. The van der Waals surface area contributed by atoms with Crippen molar-refractivity contribution in [2.24, 2.45) is 0 Å². The lowest BCUT2D eigenvalue weighted by molar-refractivity contribution is 1.08. The minimum absolute atomic E-state index is 0.0136. The van der Waals surface area contributed by atoms with E-state index in [2.05, 4.69) is 17.1 Å². The Bertz CT molecular complexity index is 494. The maximum Gasteiger partial charge on any atom is 0.255 e. The molecule has 1 aromatic heterocycles. The first kappa shape index (κ1) is 8.05. The van der Waals surface area contributed by atoms with Crippen molar-refractivity contribution in [3.63, 3.8) is 0 Å². The second-order valence-corrected chi connectivity index (χ2v) is 3.05. The number of hydrogen-bond donors (Lipinski definition) is 1. The molecule has 66 valence electrons. The number of nitrogens with one attached hydrogen (secondary N) is 1. The van der Waals surface area contributed by atoms with Crippen LogP contribution < -0.4 is 16.0 Å². The molecule has 0 saturated carbocycles. The second-order valence-electron chi connectivity index (χ2n) is 3.05. The van der Waals surface area contributed by atoms with E-state index in [4.69, 9.17) is 0 Å². The van der Waals surface area contributed by atoms with Gasteiger partial charge >= 0.3 is 0 Å². The van der Waals surface area contributed by atoms with Crippen LogP contribution in [0.4, 0.5) is 0 Å². The number of allylic oxidation sites excluding steroid dienone is 2. The molecular weight excluding hydrogens is 162 g/mol. The number of aromatic amines is 1. The summed E-state index contributed by atoms with van der Waals surface area (Å²) in [5.74, 6) is 0. The first-order valence-corrected chi connectivity index (χ1v) is 4.43. The first-order valence-electron chi connectivity index (χ1n) is 4.43. The SMILES string of the molecule is O=c1[nH]ccc2/c1=C\C=C/CC/C=2. The van der Waals surface area contributed by atoms with Crippen LogP contribution in [0, 0.1) is 0 Å². The van der Waals surface area contributed by atoms with Crippen LogP contribution in [0.2, 0.25) is 0 Å². The summed E-state index contributed by atoms with van der Waals surface area (Å²) in [5.41, 5.74) is -0.0136. The van der Waals surface area contributed by atoms with Gasteiger partial charge in [-0.05, 0) is 30.2 Å². The zero-order chi connectivity index (χ0) is 9.10. The highest BCUT2D eigenvalue weighted by atomic mass is 16.1. The van der Waals surface area contributed by atoms with E-state index in [1.807, 2.05) is 18.2 Å². The first-order chi connectivity index (χ1) is 6.38. The van der Waals surface area contributed by atoms with Gasteiger partial charge in [0, 0.05) is 11.4 Å². The van der Waals surface area contributed by atoms with E-state index < -0.39 is 0 Å². The predicted molar refractivity (Wildman–Crippen MR) is 53.6 cm³/mol. The Morgan fingerprint density at radius 3 is 3.15 bits per heavy atom. The fraction of sp³-hybridized carbons (Fsp3) is 0.182. The number of pyridine rings is 1. The predicted octanol–water partition coefficient (Wildman–Crippen LogP) is 0.286. The van der Waals surface area contributed by atoms with Crippen LogP contribution in [0.25, 0.3) is 12.2 Å². The summed E-state index contributed by atoms with van der Waals surface area (Å²) in [7, 11) is 0. The lowest BCUT2D eigenvalue weighted by Gasteiger charge is -1.93. The molecule has 0 amide bonds. The quantitative estimate of drug-likeness (QED) is 0.601. The van der Waals surface area contributed by atoms with Crippen molar-refractivity contribution in [2.75, 3.05) is 0 Å². The minimum Gasteiger partial charge on any atom is -0.329 e. The van der Waals surface area contributed by atoms with Crippen LogP contribution in [0.15, 0.2) is 29.2 Å². The molecule has 2 rings (SSSR count). The Kier molecular flexibility index (Phi) is 2.13. The molecule has 1 heterocycles. The zero-order valence-electron chi connectivity index (χ0n) is 7.29. The molecule has 1 aliphatic carbocycles. The van der Waals surface area contributed by atoms with Crippen molar-refractivity contribution < 1.29 is 0 Å². The van der Waals surface area contributed by atoms with Gasteiger partial charge in [-0.25, -0.2) is 0 Å². The smallest absolute Gasteiger partial charge is 0.255 e. The average molecular weight is 173 g/mol. The number of fused-ring (bicyclic) bond motifs is 1. The molecule has 0 unspecified atom stereocenters. The number of hydrogen-bond acceptors (Lipinski definition) is 1. The van der Waals surface area contributed by atoms with Crippen LogP contribution in [0.1, 0.15) is 12.8 Å². The van der Waals surface area contributed by atoms with Crippen LogP contribution in [-0.4, -0.2) is 4.98 Å². The summed E-state index contributed by atoms with van der Waals surface area (Å²) in [6.45, 7) is 0. The molecule has 2 heteroatoms. The van der Waals surface area contributed by atoms with Crippen molar-refractivity contribution in [3.8, 4) is 0 Å². The van der Waals surface area contributed by atoms with Gasteiger partial charge < -0.3 is 4.98 Å². The molecule has 1 N–H and O–H groups in total. The van der Waals surface area contributed by atoms with Crippen LogP contribution in [0.3, 0.4) is 0 Å². The van der Waals surface area contributed by atoms with E-state index in [-0.39, 0.29) is 5.56 Å². The minimum atomic E-state index is -0.0136. The Morgan fingerprint density at radius 1 is 1.31 bits per heavy atom. The largest absolute Gasteiger partial charge is 0.329 e. The lowest BCUT2D eigenvalue weighted by atomic mass is 10.1. The van der Waals surface area contributed by atoms with Crippen LogP contribution in [0.5, 0.6) is 0 Å². The molecule has 0 spiro atoms. The Balaban J connectivity index is 2.86. The highest BCUT2D eigenvalue weighted by molar-refractivity contribution is 5.40. The van der Waals surface area contributed by atoms with Gasteiger partial charge in [-0.3, -0.25) is 4.79 Å². The molecule has 1 aliphatic rings. The number of rotatable bonds is 0. The zero-order valence-corrected chi connectivity index (χ0v) is 7.29. The van der Waals surface area contributed by atoms with E-state index >= 15 is 0 Å². The van der Waals surface area contributed by atoms with Crippen molar-refractivity contribution in [3.05, 3.63) is 45.2 Å². The Labute approximate surface area is 75.9 Å². The van der Waals surface area contributed by atoms with E-state index in [1.165, 1.54) is 0 Å². The fourth-order valence-electron chi connectivity index (χ4n) is 1.45. The normalized spacial score (nSPS) is 22.5. The summed E-state index contributed by atoms with van der Waals surface area (Å²) in [6, 6.07) is 1.94. The standard InChI is InChI=1S/C11H11NO/c13-11-10-6-4-2-1-3-5-9(10)7-8-12-11/h2,4-8H,1,3H2,(H,12,13)/b4-2-,9-5+,10-6+. The van der Waals surface area contributed by atoms with Gasteiger partial charge in [0.25, 0.3) is 5.56 Å². The molecule has 0 aromatic carbocycles. The van der Waals surface area contributed by atoms with Gasteiger partial charge in [0.05, 0.1) is 0 Å². The summed E-state index contributed by atoms with van der Waals surface area (Å²) >= 11 is 0. The summed E-state index contributed by atoms with van der Waals surface area (Å²) in [5, 5.41) is 1.80. The Hall–Kier alpha value is -1.57. The van der Waals surface area contributed by atoms with Gasteiger partial charge in [-0.2, -0.15) is 0 Å². The molecule has 0 saturated heterocycles. The third-order valence-corrected chi connectivity index (χ3v) is 2.13. The van der Waals surface area contributed by atoms with Crippen molar-refractivity contribution in [2.45, 2.75) is 12.8 Å². The maximum absolute atomic E-state index is 11.4. The van der Waals surface area contributed by atoms with Crippen LogP contribution in [-0.2, 0) is 0 Å². The Morgan fingerprint density at radius 2 is 2.23 bits per heavy atom. The molecule has 0 bridgehead atoms. The summed E-state index contributed by atoms with van der Waals surface area (Å²) in [4.78, 5) is 14.1. The molecule has 13 heavy (non-hydrogen) atoms. The van der Waals surface area contributed by atoms with E-state index in [0.29, 0.717) is 0 Å². The molecule has 0 radical (unpaired) electrons. The fourth-order valence-corrected chi connectivity index (χ4v) is 1.45. The van der Waals surface area contributed by atoms with E-state index in [0.717, 1.165) is 23.3 Å². The van der Waals surface area contributed by atoms with Gasteiger partial charge in [0.2, 0.25) is 0 Å². The highest BCUT2D eigenvalue weighted by Crippen LogP contribution is 1.92. The van der Waals surface area contributed by atoms with Crippen molar-refractivity contribution in [1.82, 2.24) is 4.98 Å². The topological polar surface area (TPSA) is 32.9 Å². The molecule has 0 atom stereocenters. The van der Waals surface area contributed by atoms with Gasteiger partial charge in [-0.1, -0.05) is 18.2 Å². The molecule has 1 aromatic rings. The third-order valence-electron chi connectivity index (χ3n) is 2.13. The van der Waals surface area contributed by atoms with Crippen molar-refractivity contribution in [1.29, 1.82) is 0 Å². The molecular formula is C11H11NO. The monoisotopic (exact) mass is 173 g/mol. The van der Waals surface area contributed by atoms with Gasteiger partial charge in [-0.15, -0.1) is 0 Å². The molecule has 2 nitrogen and oxygen atoms in total. The van der Waals surface area contributed by atoms with Crippen LogP contribution >= 0.6 is 0 Å². The van der Waals surface area contributed by atoms with Gasteiger partial charge in [0.15, 0.2) is 0 Å². The van der Waals surface area contributed by atoms with Crippen molar-refractivity contribution >= 4 is 12.2 Å².